The number of nitrogens with zero attached hydrogens (tertiary/aromatic N) is 4. The van der Waals surface area contributed by atoms with Crippen LogP contribution in [0.3, 0.4) is 0 Å². The molecule has 1 N–H and O–H groups in total. The fourth-order valence-corrected chi connectivity index (χ4v) is 5.47. The molecule has 9 heteroatoms. The number of piperidine rings is 1. The molecule has 2 aromatic rings. The Bertz CT molecular complexity index is 906. The van der Waals surface area contributed by atoms with E-state index >= 15 is 0 Å². The number of hydrogen-bond acceptors (Lipinski definition) is 7. The maximum atomic E-state index is 9.95. The molecule has 2 aliphatic heterocycles. The second-order valence-electron chi connectivity index (χ2n) is 7.87. The number of ether oxygens (including phenoxy) is 1. The number of aryl methyl sites for hydroxylation is 1. The molecule has 156 valence electrons. The van der Waals surface area contributed by atoms with Gasteiger partial charge in [0.05, 0.1) is 30.0 Å². The molecule has 0 bridgehead atoms. The van der Waals surface area contributed by atoms with Gasteiger partial charge in [-0.05, 0) is 44.6 Å². The Kier molecular flexibility index (Phi) is 6.23. The highest BCUT2D eigenvalue weighted by Crippen LogP contribution is 2.43. The van der Waals surface area contributed by atoms with Crippen molar-refractivity contribution in [2.24, 2.45) is 5.41 Å². The third kappa shape index (κ3) is 4.35. The summed E-state index contributed by atoms with van der Waals surface area (Å²) in [6.45, 7) is 6.56. The third-order valence-electron chi connectivity index (χ3n) is 5.76. The molecule has 0 saturated carbocycles. The van der Waals surface area contributed by atoms with Crippen LogP contribution in [0.15, 0.2) is 22.2 Å². The maximum absolute atomic E-state index is 9.95. The Balaban J connectivity index is 1.55. The van der Waals surface area contributed by atoms with Crippen LogP contribution in [0.25, 0.3) is 0 Å². The third-order valence-corrected chi connectivity index (χ3v) is 7.78. The van der Waals surface area contributed by atoms with Crippen molar-refractivity contribution in [3.63, 3.8) is 0 Å². The Morgan fingerprint density at radius 3 is 2.72 bits per heavy atom. The molecule has 4 rings (SSSR count). The zero-order valence-electron chi connectivity index (χ0n) is 16.5. The zero-order chi connectivity index (χ0) is 20.6. The van der Waals surface area contributed by atoms with Crippen LogP contribution < -0.4 is 4.90 Å². The van der Waals surface area contributed by atoms with E-state index < -0.39 is 0 Å². The van der Waals surface area contributed by atoms with Gasteiger partial charge in [0.25, 0.3) is 0 Å². The van der Waals surface area contributed by atoms with Crippen LogP contribution in [0, 0.1) is 12.3 Å². The molecule has 2 aromatic heterocycles. The minimum Gasteiger partial charge on any atom is -0.390 e. The summed E-state index contributed by atoms with van der Waals surface area (Å²) in [4.78, 5) is 16.5. The number of aromatic nitrogens is 3. The topological polar surface area (TPSA) is 71.4 Å². The summed E-state index contributed by atoms with van der Waals surface area (Å²) in [6.07, 6.45) is 5.23. The van der Waals surface area contributed by atoms with E-state index in [1.807, 2.05) is 6.92 Å². The van der Waals surface area contributed by atoms with E-state index in [0.29, 0.717) is 27.3 Å². The lowest BCUT2D eigenvalue weighted by molar-refractivity contribution is 0.0975. The van der Waals surface area contributed by atoms with E-state index in [2.05, 4.69) is 16.8 Å². The molecule has 1 spiro atoms. The minimum atomic E-state index is -0.164. The number of pyridine rings is 1. The number of aliphatic hydroxyl groups is 1. The Labute approximate surface area is 185 Å². The van der Waals surface area contributed by atoms with Gasteiger partial charge in [0.1, 0.15) is 15.9 Å². The van der Waals surface area contributed by atoms with Gasteiger partial charge in [-0.15, -0.1) is 0 Å². The molecule has 2 fully saturated rings. The predicted octanol–water partition coefficient (Wildman–Crippen LogP) is 4.53. The first-order chi connectivity index (χ1) is 13.9. The van der Waals surface area contributed by atoms with E-state index in [9.17, 15) is 5.11 Å². The van der Waals surface area contributed by atoms with Gasteiger partial charge in [-0.25, -0.2) is 15.0 Å². The number of hydrogen-bond donors (Lipinski definition) is 1. The zero-order valence-corrected chi connectivity index (χ0v) is 18.8. The second kappa shape index (κ2) is 8.55. The van der Waals surface area contributed by atoms with Crippen molar-refractivity contribution in [3.8, 4) is 0 Å². The minimum absolute atomic E-state index is 0.164. The molecular formula is C20H24Cl2N4O2S. The summed E-state index contributed by atoms with van der Waals surface area (Å²) in [5.41, 5.74) is 1.68. The standard InChI is InChI=1S/C20H24Cl2N4O2S/c1-12-9-20(11-28-12)4-7-26(8-5-20)18-14(10-27)25-19(13(2)24-18)29-15-3-6-23-17(22)16(15)21/h3,6,12,27H,4-5,7-11H2,1-2H3/t12-/m0/s1. The fraction of sp³-hybridized carbons (Fsp3) is 0.550. The lowest BCUT2D eigenvalue weighted by Gasteiger charge is -2.39. The van der Waals surface area contributed by atoms with Crippen molar-refractivity contribution in [1.29, 1.82) is 0 Å². The first kappa shape index (κ1) is 21.1. The number of rotatable bonds is 4. The summed E-state index contributed by atoms with van der Waals surface area (Å²) in [5, 5.41) is 11.3. The van der Waals surface area contributed by atoms with E-state index in [-0.39, 0.29) is 11.8 Å². The average molecular weight is 455 g/mol. The number of aliphatic hydroxyl groups excluding tert-OH is 1. The van der Waals surface area contributed by atoms with Gasteiger partial charge in [-0.2, -0.15) is 0 Å². The highest BCUT2D eigenvalue weighted by molar-refractivity contribution is 7.99. The summed E-state index contributed by atoms with van der Waals surface area (Å²) in [5.74, 6) is 0.773. The predicted molar refractivity (Wildman–Crippen MR) is 115 cm³/mol. The molecule has 1 atom stereocenters. The smallest absolute Gasteiger partial charge is 0.153 e. The summed E-state index contributed by atoms with van der Waals surface area (Å²) < 4.78 is 5.83. The van der Waals surface area contributed by atoms with Gasteiger partial charge in [0.15, 0.2) is 5.82 Å². The van der Waals surface area contributed by atoms with Gasteiger partial charge in [0, 0.05) is 24.2 Å². The molecule has 4 heterocycles. The molecule has 0 amide bonds. The quantitative estimate of drug-likeness (QED) is 0.680. The van der Waals surface area contributed by atoms with Crippen molar-refractivity contribution in [2.45, 2.75) is 55.7 Å². The van der Waals surface area contributed by atoms with Crippen LogP contribution in [0.2, 0.25) is 10.2 Å². The van der Waals surface area contributed by atoms with Crippen molar-refractivity contribution >= 4 is 40.8 Å². The van der Waals surface area contributed by atoms with Gasteiger partial charge in [0.2, 0.25) is 0 Å². The second-order valence-corrected chi connectivity index (χ2v) is 9.64. The summed E-state index contributed by atoms with van der Waals surface area (Å²) in [7, 11) is 0. The molecule has 0 aromatic carbocycles. The van der Waals surface area contributed by atoms with Gasteiger partial charge in [-0.1, -0.05) is 35.0 Å². The van der Waals surface area contributed by atoms with Crippen LogP contribution in [0.5, 0.6) is 0 Å². The first-order valence-electron chi connectivity index (χ1n) is 9.73. The molecule has 2 aliphatic rings. The van der Waals surface area contributed by atoms with Crippen LogP contribution >= 0.6 is 35.0 Å². The molecule has 0 unspecified atom stereocenters. The molecule has 0 radical (unpaired) electrons. The highest BCUT2D eigenvalue weighted by Gasteiger charge is 2.41. The lowest BCUT2D eigenvalue weighted by Crippen LogP contribution is -2.41. The molecule has 29 heavy (non-hydrogen) atoms. The monoisotopic (exact) mass is 454 g/mol. The molecule has 0 aliphatic carbocycles. The normalized spacial score (nSPS) is 21.1. The van der Waals surface area contributed by atoms with E-state index in [0.717, 1.165) is 55.4 Å². The molecule has 2 saturated heterocycles. The van der Waals surface area contributed by atoms with Crippen molar-refractivity contribution < 1.29 is 9.84 Å². The van der Waals surface area contributed by atoms with E-state index in [1.165, 1.54) is 11.8 Å². The largest absolute Gasteiger partial charge is 0.390 e. The molecular weight excluding hydrogens is 431 g/mol. The van der Waals surface area contributed by atoms with Gasteiger partial charge >= 0.3 is 0 Å². The SMILES string of the molecule is Cc1nc(N2CCC3(CC2)CO[C@@H](C)C3)c(CO)nc1Sc1ccnc(Cl)c1Cl. The van der Waals surface area contributed by atoms with Gasteiger partial charge in [-0.3, -0.25) is 0 Å². The lowest BCUT2D eigenvalue weighted by atomic mass is 9.77. The summed E-state index contributed by atoms with van der Waals surface area (Å²) >= 11 is 13.7. The van der Waals surface area contributed by atoms with Crippen molar-refractivity contribution in [1.82, 2.24) is 15.0 Å². The van der Waals surface area contributed by atoms with Crippen molar-refractivity contribution in [2.75, 3.05) is 24.6 Å². The highest BCUT2D eigenvalue weighted by atomic mass is 35.5. The first-order valence-corrected chi connectivity index (χ1v) is 11.3. The van der Waals surface area contributed by atoms with Crippen molar-refractivity contribution in [3.05, 3.63) is 33.8 Å². The Morgan fingerprint density at radius 1 is 1.31 bits per heavy atom. The van der Waals surface area contributed by atoms with E-state index in [4.69, 9.17) is 37.9 Å². The van der Waals surface area contributed by atoms with Crippen LogP contribution in [0.1, 0.15) is 37.6 Å². The summed E-state index contributed by atoms with van der Waals surface area (Å²) in [6, 6.07) is 1.79. The van der Waals surface area contributed by atoms with Gasteiger partial charge < -0.3 is 14.7 Å². The van der Waals surface area contributed by atoms with E-state index in [1.54, 1.807) is 12.3 Å². The number of anilines is 1. The fourth-order valence-electron chi connectivity index (χ4n) is 4.15. The maximum Gasteiger partial charge on any atom is 0.153 e. The average Bonchev–Trinajstić information content (AvgIpc) is 3.07. The molecule has 6 nitrogen and oxygen atoms in total. The Morgan fingerprint density at radius 2 is 2.07 bits per heavy atom. The Hall–Kier alpha value is -1.12. The van der Waals surface area contributed by atoms with Crippen LogP contribution in [-0.4, -0.2) is 45.9 Å². The van der Waals surface area contributed by atoms with Crippen LogP contribution in [-0.2, 0) is 11.3 Å². The van der Waals surface area contributed by atoms with Crippen LogP contribution in [0.4, 0.5) is 5.82 Å². The number of halogens is 2.